The number of hydrogen-bond donors (Lipinski definition) is 5. The lowest BCUT2D eigenvalue weighted by Crippen LogP contribution is -2.47. The first-order valence-corrected chi connectivity index (χ1v) is 9.79. The molecule has 0 radical (unpaired) electrons. The Hall–Kier alpha value is -3.10. The molecule has 0 aromatic heterocycles. The van der Waals surface area contributed by atoms with Crippen LogP contribution in [0.4, 0.5) is 0 Å². The lowest BCUT2D eigenvalue weighted by Gasteiger charge is -2.18. The second-order valence-corrected chi connectivity index (χ2v) is 6.68. The Morgan fingerprint density at radius 3 is 2.41 bits per heavy atom. The van der Waals surface area contributed by atoms with E-state index in [1.807, 2.05) is 30.3 Å². The number of hydrogen-bond acceptors (Lipinski definition) is 4. The average molecular weight is 405 g/mol. The van der Waals surface area contributed by atoms with Crippen LogP contribution in [0.15, 0.2) is 35.3 Å². The predicted molar refractivity (Wildman–Crippen MR) is 113 cm³/mol. The van der Waals surface area contributed by atoms with Crippen molar-refractivity contribution in [2.75, 3.05) is 19.6 Å². The van der Waals surface area contributed by atoms with Crippen LogP contribution in [0, 0.1) is 0 Å². The largest absolute Gasteiger partial charge is 0.370 e. The van der Waals surface area contributed by atoms with E-state index in [0.717, 1.165) is 5.56 Å². The topological polar surface area (TPSA) is 152 Å². The number of carbonyl (C=O) groups excluding carboxylic acids is 3. The summed E-state index contributed by atoms with van der Waals surface area (Å²) in [6, 6.07) is 9.17. The van der Waals surface area contributed by atoms with E-state index in [-0.39, 0.29) is 30.1 Å². The molecule has 0 fully saturated rings. The van der Waals surface area contributed by atoms with Crippen LogP contribution in [0.2, 0.25) is 0 Å². The molecular weight excluding hydrogens is 372 g/mol. The third kappa shape index (κ3) is 12.1. The Balaban J connectivity index is 2.49. The van der Waals surface area contributed by atoms with E-state index in [0.29, 0.717) is 45.3 Å². The molecule has 9 nitrogen and oxygen atoms in total. The average Bonchev–Trinajstić information content (AvgIpc) is 2.68. The van der Waals surface area contributed by atoms with E-state index in [1.165, 1.54) is 6.92 Å². The van der Waals surface area contributed by atoms with Crippen molar-refractivity contribution < 1.29 is 14.4 Å². The van der Waals surface area contributed by atoms with Gasteiger partial charge in [0.05, 0.1) is 0 Å². The monoisotopic (exact) mass is 404 g/mol. The van der Waals surface area contributed by atoms with Crippen molar-refractivity contribution in [3.05, 3.63) is 35.9 Å². The van der Waals surface area contributed by atoms with Crippen molar-refractivity contribution in [3.8, 4) is 0 Å². The molecule has 0 spiro atoms. The summed E-state index contributed by atoms with van der Waals surface area (Å²) in [7, 11) is 0. The van der Waals surface area contributed by atoms with E-state index in [9.17, 15) is 14.4 Å². The van der Waals surface area contributed by atoms with E-state index in [4.69, 9.17) is 11.5 Å². The molecule has 0 saturated heterocycles. The minimum absolute atomic E-state index is 0.00382. The first-order chi connectivity index (χ1) is 13.9. The minimum atomic E-state index is -0.659. The molecule has 0 aliphatic carbocycles. The fraction of sp³-hybridized carbons (Fsp3) is 0.500. The van der Waals surface area contributed by atoms with E-state index < -0.39 is 6.04 Å². The molecule has 0 unspecified atom stereocenters. The van der Waals surface area contributed by atoms with Crippen molar-refractivity contribution in [1.82, 2.24) is 16.0 Å². The highest BCUT2D eigenvalue weighted by Crippen LogP contribution is 2.02. The molecule has 160 valence electrons. The maximum absolute atomic E-state index is 12.5. The Morgan fingerprint density at radius 2 is 1.76 bits per heavy atom. The van der Waals surface area contributed by atoms with Crippen molar-refractivity contribution in [2.24, 2.45) is 16.5 Å². The summed E-state index contributed by atoms with van der Waals surface area (Å²) in [5.74, 6) is -0.613. The van der Waals surface area contributed by atoms with Crippen LogP contribution in [0.5, 0.6) is 0 Å². The fourth-order valence-electron chi connectivity index (χ4n) is 2.65. The Kier molecular flexibility index (Phi) is 11.5. The number of rotatable bonds is 13. The molecular formula is C20H32N6O3. The van der Waals surface area contributed by atoms with Gasteiger partial charge < -0.3 is 27.4 Å². The van der Waals surface area contributed by atoms with Crippen molar-refractivity contribution >= 4 is 23.7 Å². The number of benzene rings is 1. The standard InChI is InChI=1S/C20H32N6O3/c1-15(27)23-12-6-10-18(28)26-17(9-5-13-25-20(21)22)19(29)24-14-11-16-7-3-2-4-8-16/h2-4,7-8,17H,5-6,9-14H2,1H3,(H,23,27)(H,24,29)(H,26,28)(H4,21,22,25)/t17-/m0/s1. The predicted octanol–water partition coefficient (Wildman–Crippen LogP) is -0.200. The molecule has 0 aliphatic heterocycles. The molecule has 9 heteroatoms. The van der Waals surface area contributed by atoms with Gasteiger partial charge in [-0.15, -0.1) is 0 Å². The van der Waals surface area contributed by atoms with Gasteiger partial charge in [-0.25, -0.2) is 0 Å². The van der Waals surface area contributed by atoms with Gasteiger partial charge in [0.2, 0.25) is 17.7 Å². The van der Waals surface area contributed by atoms with Gasteiger partial charge in [-0.3, -0.25) is 19.4 Å². The lowest BCUT2D eigenvalue weighted by molar-refractivity contribution is -0.129. The highest BCUT2D eigenvalue weighted by atomic mass is 16.2. The van der Waals surface area contributed by atoms with Crippen LogP contribution in [0.1, 0.15) is 38.2 Å². The smallest absolute Gasteiger partial charge is 0.242 e. The zero-order valence-corrected chi connectivity index (χ0v) is 16.9. The molecule has 1 rings (SSSR count). The van der Waals surface area contributed by atoms with Gasteiger partial charge in [0.15, 0.2) is 5.96 Å². The van der Waals surface area contributed by atoms with Gasteiger partial charge in [-0.2, -0.15) is 0 Å². The van der Waals surface area contributed by atoms with Crippen LogP contribution in [-0.4, -0.2) is 49.4 Å². The number of aliphatic imine (C=N–C) groups is 1. The van der Waals surface area contributed by atoms with Crippen LogP contribution in [0.25, 0.3) is 0 Å². The number of amides is 3. The summed E-state index contributed by atoms with van der Waals surface area (Å²) < 4.78 is 0. The summed E-state index contributed by atoms with van der Waals surface area (Å²) in [4.78, 5) is 39.5. The first kappa shape index (κ1) is 23.9. The fourth-order valence-corrected chi connectivity index (χ4v) is 2.65. The number of nitrogens with one attached hydrogen (secondary N) is 3. The highest BCUT2D eigenvalue weighted by Gasteiger charge is 2.20. The highest BCUT2D eigenvalue weighted by molar-refractivity contribution is 5.87. The summed E-state index contributed by atoms with van der Waals surface area (Å²) in [6.07, 6.45) is 2.41. The van der Waals surface area contributed by atoms with Crippen LogP contribution < -0.4 is 27.4 Å². The van der Waals surface area contributed by atoms with Crippen LogP contribution >= 0.6 is 0 Å². The second kappa shape index (κ2) is 14.0. The molecule has 1 atom stereocenters. The molecule has 0 saturated carbocycles. The first-order valence-electron chi connectivity index (χ1n) is 9.79. The van der Waals surface area contributed by atoms with Crippen molar-refractivity contribution in [1.29, 1.82) is 0 Å². The second-order valence-electron chi connectivity index (χ2n) is 6.68. The number of nitrogens with two attached hydrogens (primary N) is 2. The summed E-state index contributed by atoms with van der Waals surface area (Å²) in [5, 5.41) is 8.28. The summed E-state index contributed by atoms with van der Waals surface area (Å²) in [5.41, 5.74) is 11.7. The molecule has 0 aliphatic rings. The molecule has 7 N–H and O–H groups in total. The van der Waals surface area contributed by atoms with Gasteiger partial charge in [0, 0.05) is 33.0 Å². The van der Waals surface area contributed by atoms with Gasteiger partial charge >= 0.3 is 0 Å². The zero-order chi connectivity index (χ0) is 21.5. The zero-order valence-electron chi connectivity index (χ0n) is 16.9. The quantitative estimate of drug-likeness (QED) is 0.175. The third-order valence-electron chi connectivity index (χ3n) is 4.11. The molecule has 0 bridgehead atoms. The molecule has 29 heavy (non-hydrogen) atoms. The molecule has 3 amide bonds. The van der Waals surface area contributed by atoms with Crippen LogP contribution in [0.3, 0.4) is 0 Å². The van der Waals surface area contributed by atoms with E-state index >= 15 is 0 Å². The Morgan fingerprint density at radius 1 is 1.03 bits per heavy atom. The van der Waals surface area contributed by atoms with E-state index in [2.05, 4.69) is 20.9 Å². The normalized spacial score (nSPS) is 11.2. The number of carbonyl (C=O) groups is 3. The van der Waals surface area contributed by atoms with Gasteiger partial charge in [0.25, 0.3) is 0 Å². The lowest BCUT2D eigenvalue weighted by atomic mass is 10.1. The maximum atomic E-state index is 12.5. The van der Waals surface area contributed by atoms with Gasteiger partial charge in [-0.1, -0.05) is 30.3 Å². The summed E-state index contributed by atoms with van der Waals surface area (Å²) >= 11 is 0. The van der Waals surface area contributed by atoms with E-state index in [1.54, 1.807) is 0 Å². The molecule has 1 aromatic carbocycles. The third-order valence-corrected chi connectivity index (χ3v) is 4.11. The van der Waals surface area contributed by atoms with Gasteiger partial charge in [-0.05, 0) is 31.2 Å². The number of guanidine groups is 1. The Labute approximate surface area is 171 Å². The molecule has 0 heterocycles. The SMILES string of the molecule is CC(=O)NCCCC(=O)N[C@@H](CCCN=C(N)N)C(=O)NCCc1ccccc1. The molecule has 1 aromatic rings. The Bertz CT molecular complexity index is 674. The maximum Gasteiger partial charge on any atom is 0.242 e. The number of nitrogens with zero attached hydrogens (tertiary/aromatic N) is 1. The van der Waals surface area contributed by atoms with Crippen molar-refractivity contribution in [2.45, 2.75) is 45.1 Å². The van der Waals surface area contributed by atoms with Crippen LogP contribution in [-0.2, 0) is 20.8 Å². The minimum Gasteiger partial charge on any atom is -0.370 e. The van der Waals surface area contributed by atoms with Gasteiger partial charge in [0.1, 0.15) is 6.04 Å². The van der Waals surface area contributed by atoms with Crippen molar-refractivity contribution in [3.63, 3.8) is 0 Å². The summed E-state index contributed by atoms with van der Waals surface area (Å²) in [6.45, 7) is 2.70.